The van der Waals surface area contributed by atoms with Crippen LogP contribution < -0.4 is 4.90 Å². The van der Waals surface area contributed by atoms with Gasteiger partial charge in [0.05, 0.1) is 6.61 Å². The molecular weight excluding hydrogens is 338 g/mol. The second kappa shape index (κ2) is 11.2. The van der Waals surface area contributed by atoms with Gasteiger partial charge in [-0.05, 0) is 49.1 Å². The van der Waals surface area contributed by atoms with Crippen LogP contribution in [-0.4, -0.2) is 32.5 Å². The Morgan fingerprint density at radius 2 is 1.70 bits per heavy atom. The number of anilines is 1. The molecule has 0 aliphatic heterocycles. The van der Waals surface area contributed by atoms with Gasteiger partial charge in [-0.1, -0.05) is 55.5 Å². The van der Waals surface area contributed by atoms with Gasteiger partial charge in [0.1, 0.15) is 13.3 Å². The van der Waals surface area contributed by atoms with E-state index >= 15 is 0 Å². The van der Waals surface area contributed by atoms with Crippen LogP contribution in [0.15, 0.2) is 48.5 Å². The molecule has 0 N–H and O–H groups in total. The maximum Gasteiger partial charge on any atom is 0.325 e. The number of hydrogen-bond acceptors (Lipinski definition) is 4. The fourth-order valence-corrected chi connectivity index (χ4v) is 2.78. The van der Waals surface area contributed by atoms with E-state index in [9.17, 15) is 4.79 Å². The fraction of sp³-hybridized carbons (Fsp3) is 0.348. The van der Waals surface area contributed by atoms with Crippen molar-refractivity contribution in [3.8, 4) is 0 Å². The van der Waals surface area contributed by atoms with Gasteiger partial charge in [-0.3, -0.25) is 4.79 Å². The first-order chi connectivity index (χ1) is 13.2. The smallest absolute Gasteiger partial charge is 0.325 e. The molecular formula is C23H29NO3. The largest absolute Gasteiger partial charge is 0.465 e. The predicted octanol–water partition coefficient (Wildman–Crippen LogP) is 4.78. The van der Waals surface area contributed by atoms with Crippen molar-refractivity contribution in [1.82, 2.24) is 0 Å². The minimum absolute atomic E-state index is 0.174. The first-order valence-electron chi connectivity index (χ1n) is 9.52. The van der Waals surface area contributed by atoms with Crippen molar-refractivity contribution in [1.29, 1.82) is 0 Å². The number of carbonyl (C=O) groups is 1. The topological polar surface area (TPSA) is 38.8 Å². The van der Waals surface area contributed by atoms with Crippen LogP contribution in [0.2, 0.25) is 0 Å². The second-order valence-electron chi connectivity index (χ2n) is 6.10. The third-order valence-electron chi connectivity index (χ3n) is 4.23. The molecule has 0 saturated heterocycles. The molecule has 0 radical (unpaired) electrons. The van der Waals surface area contributed by atoms with Crippen molar-refractivity contribution >= 4 is 23.8 Å². The molecule has 2 rings (SSSR count). The van der Waals surface area contributed by atoms with Crippen molar-refractivity contribution < 1.29 is 14.3 Å². The molecule has 0 aliphatic carbocycles. The van der Waals surface area contributed by atoms with Crippen LogP contribution in [0.4, 0.5) is 5.69 Å². The van der Waals surface area contributed by atoms with Gasteiger partial charge in [-0.2, -0.15) is 0 Å². The van der Waals surface area contributed by atoms with Crippen LogP contribution in [0.25, 0.3) is 12.2 Å². The Morgan fingerprint density at radius 1 is 0.963 bits per heavy atom. The molecule has 0 unspecified atom stereocenters. The van der Waals surface area contributed by atoms with Crippen molar-refractivity contribution in [3.63, 3.8) is 0 Å². The lowest BCUT2D eigenvalue weighted by molar-refractivity contribution is -0.141. The lowest BCUT2D eigenvalue weighted by atomic mass is 10.0. The van der Waals surface area contributed by atoms with E-state index < -0.39 is 0 Å². The standard InChI is InChI=1S/C23H29NO3/c1-4-20-9-7-8-10-21(20)14-11-19-12-15-22(16-13-19)24(18-26-5-2)17-23(25)27-6-3/h7-16H,4-6,17-18H2,1-3H3/b14-11+. The Kier molecular flexibility index (Phi) is 8.59. The summed E-state index contributed by atoms with van der Waals surface area (Å²) in [6.07, 6.45) is 5.26. The molecule has 2 aromatic carbocycles. The summed E-state index contributed by atoms with van der Waals surface area (Å²) in [5.74, 6) is -0.252. The molecule has 0 atom stereocenters. The molecule has 0 saturated carbocycles. The van der Waals surface area contributed by atoms with Crippen LogP contribution in [0.5, 0.6) is 0 Å². The second-order valence-corrected chi connectivity index (χ2v) is 6.10. The van der Waals surface area contributed by atoms with Gasteiger partial charge in [0.25, 0.3) is 0 Å². The van der Waals surface area contributed by atoms with Gasteiger partial charge in [0.15, 0.2) is 0 Å². The van der Waals surface area contributed by atoms with Crippen molar-refractivity contribution in [2.75, 3.05) is 31.4 Å². The van der Waals surface area contributed by atoms with Crippen molar-refractivity contribution in [2.45, 2.75) is 27.2 Å². The minimum Gasteiger partial charge on any atom is -0.465 e. The summed E-state index contributed by atoms with van der Waals surface area (Å²) >= 11 is 0. The van der Waals surface area contributed by atoms with Gasteiger partial charge in [-0.15, -0.1) is 0 Å². The Morgan fingerprint density at radius 3 is 2.37 bits per heavy atom. The maximum atomic E-state index is 11.8. The van der Waals surface area contributed by atoms with E-state index in [1.807, 2.05) is 43.0 Å². The molecule has 4 heteroatoms. The first kappa shape index (κ1) is 20.7. The Bertz CT molecular complexity index is 738. The number of benzene rings is 2. The summed E-state index contributed by atoms with van der Waals surface area (Å²) in [7, 11) is 0. The molecule has 0 heterocycles. The first-order valence-corrected chi connectivity index (χ1v) is 9.52. The summed E-state index contributed by atoms with van der Waals surface area (Å²) in [6.45, 7) is 7.41. The summed E-state index contributed by atoms with van der Waals surface area (Å²) in [5, 5.41) is 0. The SMILES string of the molecule is CCOCN(CC(=O)OCC)c1ccc(/C=C/c2ccccc2CC)cc1. The third kappa shape index (κ3) is 6.57. The van der Waals surface area contributed by atoms with Gasteiger partial charge in [-0.25, -0.2) is 0 Å². The zero-order valence-electron chi connectivity index (χ0n) is 16.5. The van der Waals surface area contributed by atoms with E-state index in [0.717, 1.165) is 17.7 Å². The number of nitrogens with zero attached hydrogens (tertiary/aromatic N) is 1. The van der Waals surface area contributed by atoms with E-state index in [4.69, 9.17) is 9.47 Å². The number of ether oxygens (including phenoxy) is 2. The molecule has 0 fully saturated rings. The van der Waals surface area contributed by atoms with Gasteiger partial charge in [0.2, 0.25) is 0 Å². The Hall–Kier alpha value is -2.59. The highest BCUT2D eigenvalue weighted by Gasteiger charge is 2.12. The van der Waals surface area contributed by atoms with Gasteiger partial charge >= 0.3 is 5.97 Å². The summed E-state index contributed by atoms with van der Waals surface area (Å²) in [5.41, 5.74) is 4.62. The number of esters is 1. The maximum absolute atomic E-state index is 11.8. The predicted molar refractivity (Wildman–Crippen MR) is 112 cm³/mol. The van der Waals surface area contributed by atoms with Crippen molar-refractivity contribution in [2.24, 2.45) is 0 Å². The monoisotopic (exact) mass is 367 g/mol. The van der Waals surface area contributed by atoms with Crippen LogP contribution in [0.3, 0.4) is 0 Å². The molecule has 2 aromatic rings. The summed E-state index contributed by atoms with van der Waals surface area (Å²) in [4.78, 5) is 13.7. The number of aryl methyl sites for hydroxylation is 1. The summed E-state index contributed by atoms with van der Waals surface area (Å²) < 4.78 is 10.6. The molecule has 27 heavy (non-hydrogen) atoms. The number of rotatable bonds is 10. The molecule has 0 aromatic heterocycles. The quantitative estimate of drug-likeness (QED) is 0.344. The molecule has 0 amide bonds. The minimum atomic E-state index is -0.252. The van der Waals surface area contributed by atoms with E-state index in [2.05, 4.69) is 43.3 Å². The molecule has 4 nitrogen and oxygen atoms in total. The van der Waals surface area contributed by atoms with E-state index in [1.165, 1.54) is 11.1 Å². The van der Waals surface area contributed by atoms with Crippen LogP contribution >= 0.6 is 0 Å². The fourth-order valence-electron chi connectivity index (χ4n) is 2.78. The number of hydrogen-bond donors (Lipinski definition) is 0. The van der Waals surface area contributed by atoms with Crippen molar-refractivity contribution in [3.05, 3.63) is 65.2 Å². The molecule has 0 spiro atoms. The normalized spacial score (nSPS) is 10.9. The van der Waals surface area contributed by atoms with E-state index in [0.29, 0.717) is 19.9 Å². The zero-order valence-corrected chi connectivity index (χ0v) is 16.5. The highest BCUT2D eigenvalue weighted by molar-refractivity contribution is 5.76. The zero-order chi connectivity index (χ0) is 19.5. The van der Waals surface area contributed by atoms with Gasteiger partial charge < -0.3 is 14.4 Å². The van der Waals surface area contributed by atoms with Crippen LogP contribution in [0, 0.1) is 0 Å². The average molecular weight is 367 g/mol. The highest BCUT2D eigenvalue weighted by atomic mass is 16.5. The van der Waals surface area contributed by atoms with E-state index in [-0.39, 0.29) is 12.5 Å². The Balaban J connectivity index is 2.10. The third-order valence-corrected chi connectivity index (χ3v) is 4.23. The lowest BCUT2D eigenvalue weighted by Gasteiger charge is -2.23. The molecule has 0 bridgehead atoms. The van der Waals surface area contributed by atoms with Gasteiger partial charge in [0, 0.05) is 12.3 Å². The van der Waals surface area contributed by atoms with Crippen LogP contribution in [0.1, 0.15) is 37.5 Å². The average Bonchev–Trinajstić information content (AvgIpc) is 2.70. The van der Waals surface area contributed by atoms with E-state index in [1.54, 1.807) is 0 Å². The Labute approximate surface area is 162 Å². The molecule has 0 aliphatic rings. The summed E-state index contributed by atoms with van der Waals surface area (Å²) in [6, 6.07) is 16.5. The lowest BCUT2D eigenvalue weighted by Crippen LogP contribution is -2.33. The van der Waals surface area contributed by atoms with Crippen LogP contribution in [-0.2, 0) is 20.7 Å². The number of carbonyl (C=O) groups excluding carboxylic acids is 1. The molecule has 144 valence electrons. The highest BCUT2D eigenvalue weighted by Crippen LogP contribution is 2.18.